The van der Waals surface area contributed by atoms with Crippen LogP contribution in [0.1, 0.15) is 32.3 Å². The van der Waals surface area contributed by atoms with Crippen molar-refractivity contribution in [2.75, 3.05) is 45.8 Å². The molecule has 1 unspecified atom stereocenters. The first kappa shape index (κ1) is 20.5. The van der Waals surface area contributed by atoms with Crippen molar-refractivity contribution < 1.29 is 9.90 Å². The minimum Gasteiger partial charge on any atom is -0.508 e. The molecule has 154 valence electrons. The minimum absolute atomic E-state index is 0.0490. The number of nitrogens with zero attached hydrogens (tertiary/aromatic N) is 4. The van der Waals surface area contributed by atoms with Crippen LogP contribution in [-0.2, 0) is 11.3 Å². The second-order valence-corrected chi connectivity index (χ2v) is 7.57. The fourth-order valence-electron chi connectivity index (χ4n) is 3.93. The number of carbonyl (C=O) groups is 1. The maximum absolute atomic E-state index is 12.7. The van der Waals surface area contributed by atoms with Gasteiger partial charge in [-0.3, -0.25) is 9.69 Å². The van der Waals surface area contributed by atoms with Gasteiger partial charge < -0.3 is 20.2 Å². The van der Waals surface area contributed by atoms with Crippen LogP contribution in [0, 0.1) is 0 Å². The molecule has 2 saturated heterocycles. The van der Waals surface area contributed by atoms with Gasteiger partial charge in [0.1, 0.15) is 5.75 Å². The number of piperazine rings is 1. The lowest BCUT2D eigenvalue weighted by Crippen LogP contribution is -2.57. The van der Waals surface area contributed by atoms with Crippen LogP contribution < -0.4 is 5.32 Å². The van der Waals surface area contributed by atoms with Crippen LogP contribution >= 0.6 is 0 Å². The maximum atomic E-state index is 12.7. The lowest BCUT2D eigenvalue weighted by Gasteiger charge is -2.39. The minimum atomic E-state index is -0.0490. The largest absolute Gasteiger partial charge is 0.508 e. The third-order valence-corrected chi connectivity index (χ3v) is 5.59. The normalized spacial score (nSPS) is 19.7. The van der Waals surface area contributed by atoms with E-state index >= 15 is 0 Å². The second kappa shape index (κ2) is 9.78. The van der Waals surface area contributed by atoms with E-state index < -0.39 is 0 Å². The Bertz CT molecular complexity index is 679. The Morgan fingerprint density at radius 3 is 2.50 bits per heavy atom. The number of hydrogen-bond acceptors (Lipinski definition) is 4. The average molecular weight is 388 g/mol. The van der Waals surface area contributed by atoms with Crippen molar-refractivity contribution in [3.8, 4) is 5.75 Å². The summed E-state index contributed by atoms with van der Waals surface area (Å²) in [6, 6.07) is 7.17. The maximum Gasteiger partial charge on any atom is 0.239 e. The Labute approximate surface area is 168 Å². The summed E-state index contributed by atoms with van der Waals surface area (Å²) in [6.45, 7) is 10.7. The quantitative estimate of drug-likeness (QED) is 0.592. The number of likely N-dealkylation sites (tertiary alicyclic amines) is 1. The molecule has 7 nitrogen and oxygen atoms in total. The number of nitrogens with one attached hydrogen (secondary N) is 1. The number of guanidine groups is 1. The van der Waals surface area contributed by atoms with Crippen LogP contribution in [0.2, 0.25) is 0 Å². The summed E-state index contributed by atoms with van der Waals surface area (Å²) in [5.41, 5.74) is 0.985. The highest BCUT2D eigenvalue weighted by Gasteiger charge is 2.30. The molecule has 0 bridgehead atoms. The molecule has 2 fully saturated rings. The van der Waals surface area contributed by atoms with Gasteiger partial charge in [0.05, 0.1) is 12.6 Å². The van der Waals surface area contributed by atoms with E-state index in [9.17, 15) is 9.90 Å². The van der Waals surface area contributed by atoms with E-state index in [1.165, 1.54) is 0 Å². The van der Waals surface area contributed by atoms with Crippen molar-refractivity contribution in [1.29, 1.82) is 0 Å². The lowest BCUT2D eigenvalue weighted by molar-refractivity contribution is -0.135. The molecule has 1 amide bonds. The average Bonchev–Trinajstić information content (AvgIpc) is 3.25. The number of phenols is 1. The van der Waals surface area contributed by atoms with Gasteiger partial charge in [-0.1, -0.05) is 12.1 Å². The Balaban J connectivity index is 1.56. The van der Waals surface area contributed by atoms with E-state index in [0.29, 0.717) is 6.54 Å². The zero-order chi connectivity index (χ0) is 19.9. The zero-order valence-electron chi connectivity index (χ0n) is 17.1. The molecule has 2 aliphatic heterocycles. The molecular weight excluding hydrogens is 354 g/mol. The molecular formula is C21H33N5O2. The van der Waals surface area contributed by atoms with E-state index in [0.717, 1.165) is 70.2 Å². The second-order valence-electron chi connectivity index (χ2n) is 7.57. The molecule has 1 aromatic rings. The molecule has 1 atom stereocenters. The van der Waals surface area contributed by atoms with Gasteiger partial charge in [-0.05, 0) is 44.4 Å². The van der Waals surface area contributed by atoms with E-state index in [1.807, 2.05) is 24.0 Å². The molecule has 3 rings (SSSR count). The predicted molar refractivity (Wildman–Crippen MR) is 111 cm³/mol. The highest BCUT2D eigenvalue weighted by atomic mass is 16.3. The highest BCUT2D eigenvalue weighted by Crippen LogP contribution is 2.15. The summed E-state index contributed by atoms with van der Waals surface area (Å²) in [7, 11) is 0. The van der Waals surface area contributed by atoms with Crippen molar-refractivity contribution in [3.63, 3.8) is 0 Å². The van der Waals surface area contributed by atoms with Gasteiger partial charge in [-0.15, -0.1) is 0 Å². The number of aliphatic imine (C=N–C) groups is 1. The van der Waals surface area contributed by atoms with Crippen LogP contribution in [0.4, 0.5) is 0 Å². The summed E-state index contributed by atoms with van der Waals surface area (Å²) in [5.74, 6) is 1.43. The van der Waals surface area contributed by atoms with E-state index in [2.05, 4.69) is 22.0 Å². The molecule has 1 aromatic carbocycles. The van der Waals surface area contributed by atoms with E-state index in [-0.39, 0.29) is 17.7 Å². The highest BCUT2D eigenvalue weighted by molar-refractivity contribution is 5.82. The van der Waals surface area contributed by atoms with Gasteiger partial charge >= 0.3 is 0 Å². The first-order valence-corrected chi connectivity index (χ1v) is 10.4. The third-order valence-electron chi connectivity index (χ3n) is 5.59. The van der Waals surface area contributed by atoms with Gasteiger partial charge in [0.2, 0.25) is 5.91 Å². The Morgan fingerprint density at radius 1 is 1.14 bits per heavy atom. The standard InChI is InChI=1S/C21H33N5O2/c1-3-22-21(23-16-18-7-6-8-19(27)15-18)26-13-11-24(12-14-26)17(2)20(28)25-9-4-5-10-25/h6-8,15,17,27H,3-5,9-14,16H2,1-2H3,(H,22,23). The van der Waals surface area contributed by atoms with Crippen LogP contribution in [0.3, 0.4) is 0 Å². The summed E-state index contributed by atoms with van der Waals surface area (Å²) in [5, 5.41) is 13.0. The van der Waals surface area contributed by atoms with Crippen LogP contribution in [0.15, 0.2) is 29.3 Å². The Kier molecular flexibility index (Phi) is 7.14. The van der Waals surface area contributed by atoms with Crippen LogP contribution in [0.5, 0.6) is 5.75 Å². The summed E-state index contributed by atoms with van der Waals surface area (Å²) in [4.78, 5) is 24.0. The Hall–Kier alpha value is -2.28. The van der Waals surface area contributed by atoms with Crippen molar-refractivity contribution >= 4 is 11.9 Å². The van der Waals surface area contributed by atoms with Crippen LogP contribution in [0.25, 0.3) is 0 Å². The van der Waals surface area contributed by atoms with Gasteiger partial charge in [0.15, 0.2) is 5.96 Å². The van der Waals surface area contributed by atoms with Crippen molar-refractivity contribution in [1.82, 2.24) is 20.0 Å². The zero-order valence-corrected chi connectivity index (χ0v) is 17.1. The smallest absolute Gasteiger partial charge is 0.239 e. The molecule has 0 spiro atoms. The summed E-state index contributed by atoms with van der Waals surface area (Å²) < 4.78 is 0. The van der Waals surface area contributed by atoms with E-state index in [4.69, 9.17) is 4.99 Å². The molecule has 2 heterocycles. The molecule has 2 N–H and O–H groups in total. The summed E-state index contributed by atoms with van der Waals surface area (Å²) >= 11 is 0. The third kappa shape index (κ3) is 5.16. The fourth-order valence-corrected chi connectivity index (χ4v) is 3.93. The van der Waals surface area contributed by atoms with Gasteiger partial charge in [0, 0.05) is 45.8 Å². The Morgan fingerprint density at radius 2 is 1.86 bits per heavy atom. The molecule has 7 heteroatoms. The van der Waals surface area contributed by atoms with E-state index in [1.54, 1.807) is 12.1 Å². The molecule has 0 saturated carbocycles. The number of phenolic OH excluding ortho intramolecular Hbond substituents is 1. The number of hydrogen-bond donors (Lipinski definition) is 2. The number of amides is 1. The van der Waals surface area contributed by atoms with Gasteiger partial charge in [0.25, 0.3) is 0 Å². The first-order valence-electron chi connectivity index (χ1n) is 10.4. The number of aromatic hydroxyl groups is 1. The van der Waals surface area contributed by atoms with Crippen LogP contribution in [-0.4, -0.2) is 83.5 Å². The predicted octanol–water partition coefficient (Wildman–Crippen LogP) is 1.49. The first-order chi connectivity index (χ1) is 13.6. The van der Waals surface area contributed by atoms with Gasteiger partial charge in [-0.25, -0.2) is 4.99 Å². The monoisotopic (exact) mass is 387 g/mol. The van der Waals surface area contributed by atoms with Gasteiger partial charge in [-0.2, -0.15) is 0 Å². The summed E-state index contributed by atoms with van der Waals surface area (Å²) in [6.07, 6.45) is 2.27. The van der Waals surface area contributed by atoms with Crippen molar-refractivity contribution in [3.05, 3.63) is 29.8 Å². The fraction of sp³-hybridized carbons (Fsp3) is 0.619. The molecule has 0 radical (unpaired) electrons. The molecule has 28 heavy (non-hydrogen) atoms. The molecule has 0 aliphatic carbocycles. The van der Waals surface area contributed by atoms with Crippen molar-refractivity contribution in [2.24, 2.45) is 4.99 Å². The number of benzene rings is 1. The van der Waals surface area contributed by atoms with Crippen molar-refractivity contribution in [2.45, 2.75) is 39.3 Å². The number of carbonyl (C=O) groups excluding carboxylic acids is 1. The lowest BCUT2D eigenvalue weighted by atomic mass is 10.2. The number of rotatable bonds is 5. The molecule has 0 aromatic heterocycles. The molecule has 2 aliphatic rings. The topological polar surface area (TPSA) is 71.4 Å². The SMILES string of the molecule is CCNC(=NCc1cccc(O)c1)N1CCN(C(C)C(=O)N2CCCC2)CC1.